The molecule has 0 aromatic heterocycles. The molecule has 4 aromatic rings. The second-order valence-corrected chi connectivity index (χ2v) is 10.0. The minimum Gasteiger partial charge on any atom is -0.507 e. The summed E-state index contributed by atoms with van der Waals surface area (Å²) in [7, 11) is 3.73. The largest absolute Gasteiger partial charge is 0.507 e. The third-order valence-corrected chi connectivity index (χ3v) is 8.60. The number of benzene rings is 4. The Labute approximate surface area is 222 Å². The number of hydrogen-bond donors (Lipinski definition) is 1. The molecule has 0 aliphatic carbocycles. The van der Waals surface area contributed by atoms with E-state index in [1.807, 2.05) is 0 Å². The Morgan fingerprint density at radius 3 is 1.28 bits per heavy atom. The highest BCUT2D eigenvalue weighted by Crippen LogP contribution is 2.49. The van der Waals surface area contributed by atoms with Crippen molar-refractivity contribution in [2.75, 3.05) is 28.4 Å². The fourth-order valence-electron chi connectivity index (χ4n) is 4.21. The van der Waals surface area contributed by atoms with Crippen LogP contribution in [0.3, 0.4) is 0 Å². The maximum Gasteiger partial charge on any atom is 0.200 e. The summed E-state index contributed by atoms with van der Waals surface area (Å²) in [4.78, 5) is 0. The van der Waals surface area contributed by atoms with Crippen molar-refractivity contribution >= 4 is 23.8 Å². The Kier molecular flexibility index (Phi) is 8.16. The highest BCUT2D eigenvalue weighted by Gasteiger charge is 2.34. The van der Waals surface area contributed by atoms with Crippen LogP contribution in [0, 0.1) is 29.1 Å². The van der Waals surface area contributed by atoms with E-state index < -0.39 is 53.9 Å². The molecular weight excluding hydrogens is 542 g/mol. The summed E-state index contributed by atoms with van der Waals surface area (Å²) in [5.74, 6) is -10.1. The van der Waals surface area contributed by atoms with Crippen LogP contribution in [-0.2, 0) is 0 Å². The number of methoxy groups -OCH3 is 4. The average molecular weight is 564 g/mol. The van der Waals surface area contributed by atoms with E-state index >= 15 is 0 Å². The smallest absolute Gasteiger partial charge is 0.200 e. The van der Waals surface area contributed by atoms with Crippen LogP contribution in [0.1, 0.15) is 0 Å². The van der Waals surface area contributed by atoms with Crippen molar-refractivity contribution in [2.24, 2.45) is 0 Å². The molecule has 4 rings (SSSR count). The molecule has 0 saturated carbocycles. The summed E-state index contributed by atoms with van der Waals surface area (Å²) in [6.07, 6.45) is 0. The first kappa shape index (κ1) is 28.0. The minimum absolute atomic E-state index is 0.0806. The molecule has 1 N–H and O–H groups in total. The highest BCUT2D eigenvalue weighted by atomic mass is 31.1. The van der Waals surface area contributed by atoms with Gasteiger partial charge in [0.05, 0.1) is 44.6 Å². The van der Waals surface area contributed by atoms with E-state index in [1.54, 1.807) is 36.4 Å². The summed E-state index contributed by atoms with van der Waals surface area (Å²) in [5, 5.41) is 12.4. The minimum atomic E-state index is -2.30. The van der Waals surface area contributed by atoms with Crippen molar-refractivity contribution in [3.8, 4) is 39.9 Å². The molecule has 0 radical (unpaired) electrons. The number of hydrogen-bond acceptors (Lipinski definition) is 5. The first-order chi connectivity index (χ1) is 18.7. The fraction of sp³-hybridized carbons (Fsp3) is 0.143. The van der Waals surface area contributed by atoms with E-state index in [9.17, 15) is 27.1 Å². The molecule has 4 aromatic carbocycles. The Bertz CT molecular complexity index is 1420. The SMILES string of the molecule is COc1cccc(OC)c1P(c1cccc(-c2c(F)c(F)c(F)c(F)c2F)c1O)c1c(OC)cccc1OC. The van der Waals surface area contributed by atoms with E-state index in [0.29, 0.717) is 33.6 Å². The quantitative estimate of drug-likeness (QED) is 0.132. The van der Waals surface area contributed by atoms with Crippen molar-refractivity contribution in [1.29, 1.82) is 0 Å². The molecule has 0 fully saturated rings. The average Bonchev–Trinajstić information content (AvgIpc) is 2.96. The lowest BCUT2D eigenvalue weighted by Crippen LogP contribution is -2.26. The lowest BCUT2D eigenvalue weighted by molar-refractivity contribution is 0.380. The van der Waals surface area contributed by atoms with Gasteiger partial charge in [0, 0.05) is 18.8 Å². The van der Waals surface area contributed by atoms with Gasteiger partial charge in [0.2, 0.25) is 5.82 Å². The Morgan fingerprint density at radius 2 is 0.897 bits per heavy atom. The fourth-order valence-corrected chi connectivity index (χ4v) is 7.03. The van der Waals surface area contributed by atoms with Crippen molar-refractivity contribution in [3.05, 3.63) is 83.7 Å². The summed E-state index contributed by atoms with van der Waals surface area (Å²) in [6.45, 7) is 0. The van der Waals surface area contributed by atoms with Gasteiger partial charge >= 0.3 is 0 Å². The van der Waals surface area contributed by atoms with Crippen LogP contribution >= 0.6 is 7.92 Å². The van der Waals surface area contributed by atoms with Crippen molar-refractivity contribution in [2.45, 2.75) is 0 Å². The molecule has 5 nitrogen and oxygen atoms in total. The van der Waals surface area contributed by atoms with Gasteiger partial charge in [-0.3, -0.25) is 0 Å². The summed E-state index contributed by atoms with van der Waals surface area (Å²) in [6, 6.07) is 13.8. The van der Waals surface area contributed by atoms with Gasteiger partial charge in [-0.25, -0.2) is 22.0 Å². The standard InChI is InChI=1S/C28H22F5O5P/c1-35-15-9-6-10-16(36-2)27(15)39(28-17(37-3)11-7-12-18(28)38-4)19-13-5-8-14(26(19)34)20-21(29)23(31)25(33)24(32)22(20)30/h5-13,34H,1-4H3. The second-order valence-electron chi connectivity index (χ2n) is 7.98. The summed E-state index contributed by atoms with van der Waals surface area (Å²) < 4.78 is 94.0. The predicted molar refractivity (Wildman–Crippen MR) is 138 cm³/mol. The summed E-state index contributed by atoms with van der Waals surface area (Å²) in [5.41, 5.74) is -1.87. The van der Waals surface area contributed by atoms with E-state index in [-0.39, 0.29) is 5.30 Å². The Morgan fingerprint density at radius 1 is 0.538 bits per heavy atom. The number of halogens is 5. The molecule has 39 heavy (non-hydrogen) atoms. The number of rotatable bonds is 8. The monoisotopic (exact) mass is 564 g/mol. The van der Waals surface area contributed by atoms with E-state index in [1.165, 1.54) is 40.6 Å². The van der Waals surface area contributed by atoms with Crippen LogP contribution in [0.15, 0.2) is 54.6 Å². The number of ether oxygens (including phenoxy) is 4. The molecule has 0 amide bonds. The predicted octanol–water partition coefficient (Wildman–Crippen LogP) is 5.55. The molecule has 0 atom stereocenters. The molecule has 204 valence electrons. The lowest BCUT2D eigenvalue weighted by atomic mass is 10.0. The third-order valence-electron chi connectivity index (χ3n) is 5.99. The van der Waals surface area contributed by atoms with E-state index in [2.05, 4.69) is 0 Å². The molecule has 11 heteroatoms. The molecule has 0 saturated heterocycles. The summed E-state index contributed by atoms with van der Waals surface area (Å²) >= 11 is 0. The first-order valence-electron chi connectivity index (χ1n) is 11.3. The van der Waals surface area contributed by atoms with Gasteiger partial charge in [-0.1, -0.05) is 30.3 Å². The van der Waals surface area contributed by atoms with Gasteiger partial charge in [-0.2, -0.15) is 0 Å². The zero-order valence-electron chi connectivity index (χ0n) is 21.1. The van der Waals surface area contributed by atoms with Crippen LogP contribution in [0.25, 0.3) is 11.1 Å². The normalized spacial score (nSPS) is 11.0. The number of aromatic hydroxyl groups is 1. The Hall–Kier alpha value is -4.04. The van der Waals surface area contributed by atoms with Gasteiger partial charge < -0.3 is 24.1 Å². The molecule has 0 unspecified atom stereocenters. The van der Waals surface area contributed by atoms with Crippen molar-refractivity contribution < 1.29 is 46.0 Å². The maximum atomic E-state index is 14.8. The first-order valence-corrected chi connectivity index (χ1v) is 12.6. The molecule has 0 heterocycles. The molecule has 0 spiro atoms. The Balaban J connectivity index is 2.15. The van der Waals surface area contributed by atoms with Crippen LogP contribution in [0.5, 0.6) is 28.7 Å². The van der Waals surface area contributed by atoms with Gasteiger partial charge in [0.15, 0.2) is 23.3 Å². The van der Waals surface area contributed by atoms with Gasteiger partial charge in [-0.05, 0) is 24.3 Å². The van der Waals surface area contributed by atoms with Gasteiger partial charge in [-0.15, -0.1) is 0 Å². The topological polar surface area (TPSA) is 57.2 Å². The zero-order chi connectivity index (χ0) is 28.4. The van der Waals surface area contributed by atoms with Gasteiger partial charge in [0.25, 0.3) is 0 Å². The third kappa shape index (κ3) is 4.69. The van der Waals surface area contributed by atoms with Crippen LogP contribution < -0.4 is 34.9 Å². The van der Waals surface area contributed by atoms with Crippen LogP contribution in [-0.4, -0.2) is 33.5 Å². The number of para-hydroxylation sites is 1. The van der Waals surface area contributed by atoms with Crippen LogP contribution in [0.2, 0.25) is 0 Å². The van der Waals surface area contributed by atoms with Gasteiger partial charge in [0.1, 0.15) is 28.7 Å². The van der Waals surface area contributed by atoms with E-state index in [4.69, 9.17) is 18.9 Å². The van der Waals surface area contributed by atoms with Crippen molar-refractivity contribution in [3.63, 3.8) is 0 Å². The van der Waals surface area contributed by atoms with Crippen LogP contribution in [0.4, 0.5) is 22.0 Å². The number of phenolic OH excluding ortho intramolecular Hbond substituents is 1. The maximum absolute atomic E-state index is 14.8. The zero-order valence-corrected chi connectivity index (χ0v) is 22.0. The van der Waals surface area contributed by atoms with Crippen molar-refractivity contribution in [1.82, 2.24) is 0 Å². The number of phenols is 1. The molecular formula is C28H22F5O5P. The highest BCUT2D eigenvalue weighted by molar-refractivity contribution is 7.80. The van der Waals surface area contributed by atoms with E-state index in [0.717, 1.165) is 6.07 Å². The lowest BCUT2D eigenvalue weighted by Gasteiger charge is -2.27. The second kappa shape index (κ2) is 11.4. The molecule has 0 aliphatic heterocycles. The molecule has 0 bridgehead atoms. The molecule has 0 aliphatic rings.